The van der Waals surface area contributed by atoms with Gasteiger partial charge in [0.2, 0.25) is 0 Å². The Bertz CT molecular complexity index is 574. The van der Waals surface area contributed by atoms with Crippen LogP contribution in [0.4, 0.5) is 0 Å². The molecule has 0 N–H and O–H groups in total. The van der Waals surface area contributed by atoms with Gasteiger partial charge in [-0.25, -0.2) is 0 Å². The summed E-state index contributed by atoms with van der Waals surface area (Å²) >= 11 is 0. The van der Waals surface area contributed by atoms with Gasteiger partial charge in [0.1, 0.15) is 0 Å². The van der Waals surface area contributed by atoms with Crippen LogP contribution >= 0.6 is 0 Å². The van der Waals surface area contributed by atoms with E-state index in [1.165, 1.54) is 0 Å². The summed E-state index contributed by atoms with van der Waals surface area (Å²) in [5.41, 5.74) is 0. The van der Waals surface area contributed by atoms with Gasteiger partial charge in [0.25, 0.3) is 0 Å². The van der Waals surface area contributed by atoms with E-state index in [2.05, 4.69) is 96.9 Å². The summed E-state index contributed by atoms with van der Waals surface area (Å²) in [6.07, 6.45) is 0. The van der Waals surface area contributed by atoms with Crippen molar-refractivity contribution in [3.63, 3.8) is 0 Å². The molecule has 0 aliphatic rings. The largest absolute Gasteiger partial charge is 0.436 e. The Hall–Kier alpha value is 1.10. The van der Waals surface area contributed by atoms with Crippen molar-refractivity contribution in [2.45, 2.75) is 182 Å². The molecule has 0 aromatic carbocycles. The Morgan fingerprint density at radius 3 is 0.513 bits per heavy atom. The second-order valence-corrected chi connectivity index (χ2v) is 37.5. The van der Waals surface area contributed by atoms with Crippen LogP contribution in [0.5, 0.6) is 0 Å². The molecule has 0 aromatic rings. The van der Waals surface area contributed by atoms with Crippen molar-refractivity contribution in [2.24, 2.45) is 0 Å². The van der Waals surface area contributed by atoms with Crippen LogP contribution in [-0.2, 0) is 20.6 Å². The van der Waals surface area contributed by atoms with E-state index in [0.717, 1.165) is 84.6 Å². The normalized spacial score (nSPS) is 14.3. The van der Waals surface area contributed by atoms with E-state index in [0.29, 0.717) is 0 Å². The maximum Gasteiger partial charge on any atom is 0.320 e. The van der Waals surface area contributed by atoms with Crippen LogP contribution in [0.1, 0.15) is 96.9 Å². The molecule has 0 bridgehead atoms. The zero-order valence-corrected chi connectivity index (χ0v) is 34.9. The van der Waals surface area contributed by atoms with Gasteiger partial charge in [0.05, 0.1) is 0 Å². The third kappa shape index (κ3) is 10.1. The molecular weight excluding hydrogens is 585 g/mol. The van der Waals surface area contributed by atoms with E-state index in [-0.39, 0.29) is 0 Å². The molecule has 0 fully saturated rings. The predicted octanol–water partition coefficient (Wildman–Crippen LogP) is 11.0. The smallest absolute Gasteiger partial charge is 0.320 e. The van der Waals surface area contributed by atoms with Gasteiger partial charge in [0, 0.05) is 0 Å². The molecule has 0 aliphatic heterocycles. The fourth-order valence-electron chi connectivity index (χ4n) is 5.98. The molecule has 0 radical (unpaired) electrons. The van der Waals surface area contributed by atoms with Crippen molar-refractivity contribution >= 4 is 50.9 Å². The lowest BCUT2D eigenvalue weighted by atomic mass is 10.9. The van der Waals surface area contributed by atoms with Crippen molar-refractivity contribution in [3.05, 3.63) is 0 Å². The van der Waals surface area contributed by atoms with Crippen LogP contribution in [0.25, 0.3) is 0 Å². The van der Waals surface area contributed by atoms with Crippen molar-refractivity contribution < 1.29 is 20.6 Å². The Morgan fingerprint density at radius 2 is 0.385 bits per heavy atom. The molecule has 0 aliphatic carbocycles. The summed E-state index contributed by atoms with van der Waals surface area (Å²) in [6, 6.07) is 14.7. The van der Waals surface area contributed by atoms with Crippen molar-refractivity contribution in [2.75, 3.05) is 0 Å². The fourth-order valence-corrected chi connectivity index (χ4v) is 40.3. The van der Waals surface area contributed by atoms with Crippen molar-refractivity contribution in [3.8, 4) is 0 Å². The average molecular weight is 655 g/mol. The van der Waals surface area contributed by atoms with Gasteiger partial charge in [-0.1, -0.05) is 96.9 Å². The molecule has 39 heavy (non-hydrogen) atoms. The van der Waals surface area contributed by atoms with E-state index < -0.39 is 50.9 Å². The molecule has 0 amide bonds. The summed E-state index contributed by atoms with van der Waals surface area (Å²) in [5, 5.41) is 0. The zero-order valence-electron chi connectivity index (χ0n) is 28.9. The molecule has 0 heterocycles. The third-order valence-corrected chi connectivity index (χ3v) is 41.8. The average Bonchev–Trinajstić information content (AvgIpc) is 3.00. The standard InChI is InChI=1S/C28H70O5Si6/c1-15-34(16-2,17-3)29-36(21-7,22-8)31-38(25-11,26-12)33-39(27-13,28-14)32-37(23-9,24-10)30-35(18-4,19-5)20-6/h15-28H2,1-14H3. The van der Waals surface area contributed by atoms with Gasteiger partial charge in [-0.3, -0.25) is 0 Å². The zero-order chi connectivity index (χ0) is 30.4. The highest BCUT2D eigenvalue weighted by Gasteiger charge is 2.55. The van der Waals surface area contributed by atoms with E-state index >= 15 is 0 Å². The fraction of sp³-hybridized carbons (Fsp3) is 1.00. The summed E-state index contributed by atoms with van der Waals surface area (Å²) in [6.45, 7) is 32.3. The third-order valence-electron chi connectivity index (χ3n) is 10.1. The van der Waals surface area contributed by atoms with Gasteiger partial charge in [-0.2, -0.15) is 0 Å². The molecule has 0 saturated carbocycles. The summed E-state index contributed by atoms with van der Waals surface area (Å²) < 4.78 is 37.2. The van der Waals surface area contributed by atoms with Gasteiger partial charge in [-0.15, -0.1) is 0 Å². The van der Waals surface area contributed by atoms with E-state index in [9.17, 15) is 0 Å². The molecule has 0 aromatic heterocycles. The molecule has 0 saturated heterocycles. The molecule has 0 unspecified atom stereocenters. The summed E-state index contributed by atoms with van der Waals surface area (Å²) in [5.74, 6) is 0. The van der Waals surface area contributed by atoms with Crippen molar-refractivity contribution in [1.82, 2.24) is 0 Å². The van der Waals surface area contributed by atoms with Gasteiger partial charge in [0.15, 0.2) is 16.6 Å². The second-order valence-electron chi connectivity index (χ2n) is 11.5. The van der Waals surface area contributed by atoms with Crippen LogP contribution in [0, 0.1) is 0 Å². The highest BCUT2D eigenvalue weighted by Crippen LogP contribution is 2.40. The Balaban J connectivity index is 6.63. The minimum Gasteiger partial charge on any atom is -0.436 e. The lowest BCUT2D eigenvalue weighted by Gasteiger charge is -2.50. The maximum atomic E-state index is 7.55. The molecule has 236 valence electrons. The molecule has 0 atom stereocenters. The number of hydrogen-bond acceptors (Lipinski definition) is 5. The molecule has 5 nitrogen and oxygen atoms in total. The first-order valence-electron chi connectivity index (χ1n) is 16.9. The van der Waals surface area contributed by atoms with Gasteiger partial charge < -0.3 is 20.6 Å². The minimum absolute atomic E-state index is 0.948. The molecule has 0 rings (SSSR count). The molecule has 11 heteroatoms. The SMILES string of the molecule is CC[Si](CC)(CC)O[Si](CC)(CC)O[Si](CC)(CC)O[Si](CC)(CC)O[Si](CC)(CC)O[Si](CC)(CC)CC. The maximum absolute atomic E-state index is 7.55. The predicted molar refractivity (Wildman–Crippen MR) is 187 cm³/mol. The topological polar surface area (TPSA) is 46.2 Å². The van der Waals surface area contributed by atoms with E-state index in [1.807, 2.05) is 0 Å². The highest BCUT2D eigenvalue weighted by atomic mass is 28.5. The number of hydrogen-bond donors (Lipinski definition) is 0. The second kappa shape index (κ2) is 18.0. The Morgan fingerprint density at radius 1 is 0.231 bits per heavy atom. The quantitative estimate of drug-likeness (QED) is 0.0969. The molecular formula is C28H70O5Si6. The highest BCUT2D eigenvalue weighted by molar-refractivity contribution is 6.93. The van der Waals surface area contributed by atoms with Gasteiger partial charge >= 0.3 is 34.2 Å². The molecule has 0 spiro atoms. The summed E-state index contributed by atoms with van der Waals surface area (Å²) in [7, 11) is -13.6. The van der Waals surface area contributed by atoms with Crippen LogP contribution in [0.2, 0.25) is 84.6 Å². The lowest BCUT2D eigenvalue weighted by Crippen LogP contribution is -2.65. The first kappa shape index (κ1) is 40.1. The van der Waals surface area contributed by atoms with Crippen LogP contribution < -0.4 is 0 Å². The Kier molecular flexibility index (Phi) is 18.5. The van der Waals surface area contributed by atoms with E-state index in [1.54, 1.807) is 0 Å². The van der Waals surface area contributed by atoms with Crippen LogP contribution in [0.3, 0.4) is 0 Å². The van der Waals surface area contributed by atoms with Crippen LogP contribution in [0.15, 0.2) is 0 Å². The number of rotatable bonds is 24. The Labute approximate surface area is 252 Å². The summed E-state index contributed by atoms with van der Waals surface area (Å²) in [4.78, 5) is 0. The first-order chi connectivity index (χ1) is 18.4. The van der Waals surface area contributed by atoms with Gasteiger partial charge in [-0.05, 0) is 84.6 Å². The van der Waals surface area contributed by atoms with E-state index in [4.69, 9.17) is 20.6 Å². The van der Waals surface area contributed by atoms with Crippen LogP contribution in [-0.4, -0.2) is 50.9 Å². The lowest BCUT2D eigenvalue weighted by molar-refractivity contribution is 0.254. The minimum atomic E-state index is -2.57. The first-order valence-corrected chi connectivity index (χ1v) is 30.9. The van der Waals surface area contributed by atoms with Crippen molar-refractivity contribution in [1.29, 1.82) is 0 Å². The monoisotopic (exact) mass is 654 g/mol.